The summed E-state index contributed by atoms with van der Waals surface area (Å²) in [4.78, 5) is 38.0. The zero-order chi connectivity index (χ0) is 20.4. The minimum Gasteiger partial charge on any atom is -0.468 e. The molecular formula is C20H28ClNO4S. The molecule has 0 saturated heterocycles. The zero-order valence-corrected chi connectivity index (χ0v) is 18.0. The van der Waals surface area contributed by atoms with Crippen molar-refractivity contribution in [2.75, 3.05) is 24.3 Å². The molecule has 0 N–H and O–H groups in total. The molecule has 150 valence electrons. The molecule has 0 unspecified atom stereocenters. The number of carbonyl (C=O) groups is 3. The first kappa shape index (κ1) is 23.5. The molecule has 1 rings (SSSR count). The summed E-state index contributed by atoms with van der Waals surface area (Å²) in [6, 6.07) is 3.55. The highest BCUT2D eigenvalue weighted by atomic mass is 35.5. The Hall–Kier alpha value is -1.53. The molecule has 0 heterocycles. The van der Waals surface area contributed by atoms with Gasteiger partial charge < -0.3 is 4.74 Å². The topological polar surface area (TPSA) is 63.7 Å². The maximum absolute atomic E-state index is 12.8. The van der Waals surface area contributed by atoms with E-state index in [0.717, 1.165) is 43.0 Å². The van der Waals surface area contributed by atoms with Crippen LogP contribution in [0, 0.1) is 13.8 Å². The van der Waals surface area contributed by atoms with E-state index in [-0.39, 0.29) is 23.3 Å². The van der Waals surface area contributed by atoms with Crippen LogP contribution in [0.15, 0.2) is 12.1 Å². The van der Waals surface area contributed by atoms with Gasteiger partial charge in [0.2, 0.25) is 5.91 Å². The Kier molecular flexibility index (Phi) is 10.5. The molecule has 1 aromatic carbocycles. The van der Waals surface area contributed by atoms with E-state index in [1.54, 1.807) is 19.1 Å². The first-order valence-corrected chi connectivity index (χ1v) is 10.5. The van der Waals surface area contributed by atoms with Gasteiger partial charge in [-0.3, -0.25) is 19.3 Å². The highest BCUT2D eigenvalue weighted by Crippen LogP contribution is 2.31. The number of unbranched alkanes of at least 4 members (excludes halogenated alkanes) is 3. The van der Waals surface area contributed by atoms with Crippen LogP contribution < -0.4 is 4.90 Å². The average Bonchev–Trinajstić information content (AvgIpc) is 2.65. The van der Waals surface area contributed by atoms with Crippen LogP contribution >= 0.6 is 23.4 Å². The van der Waals surface area contributed by atoms with Crippen molar-refractivity contribution in [2.45, 2.75) is 52.9 Å². The van der Waals surface area contributed by atoms with Crippen molar-refractivity contribution < 1.29 is 19.1 Å². The minimum absolute atomic E-state index is 0.00277. The fourth-order valence-corrected chi connectivity index (χ4v) is 3.58. The quantitative estimate of drug-likeness (QED) is 0.411. The minimum atomic E-state index is -0.530. The highest BCUT2D eigenvalue weighted by Gasteiger charge is 2.24. The zero-order valence-electron chi connectivity index (χ0n) is 16.5. The number of thioether (sulfide) groups is 1. The number of rotatable bonds is 10. The van der Waals surface area contributed by atoms with Crippen LogP contribution in [0.1, 0.15) is 50.2 Å². The van der Waals surface area contributed by atoms with Crippen molar-refractivity contribution >= 4 is 46.0 Å². The Bertz CT molecular complexity index is 678. The Morgan fingerprint density at radius 3 is 2.48 bits per heavy atom. The number of ether oxygens (including phenoxy) is 1. The molecule has 0 atom stereocenters. The van der Waals surface area contributed by atoms with E-state index in [0.29, 0.717) is 22.7 Å². The third-order valence-electron chi connectivity index (χ3n) is 4.24. The number of hydrogen-bond donors (Lipinski definition) is 0. The van der Waals surface area contributed by atoms with Crippen molar-refractivity contribution in [3.05, 3.63) is 28.3 Å². The molecule has 0 aliphatic rings. The first-order valence-electron chi connectivity index (χ1n) is 9.10. The molecule has 0 saturated carbocycles. The van der Waals surface area contributed by atoms with Crippen molar-refractivity contribution in [3.63, 3.8) is 0 Å². The number of hydrogen-bond acceptors (Lipinski definition) is 5. The first-order chi connectivity index (χ1) is 12.8. The maximum Gasteiger partial charge on any atom is 0.325 e. The van der Waals surface area contributed by atoms with Crippen molar-refractivity contribution in [1.29, 1.82) is 0 Å². The van der Waals surface area contributed by atoms with E-state index < -0.39 is 5.97 Å². The monoisotopic (exact) mass is 413 g/mol. The van der Waals surface area contributed by atoms with E-state index >= 15 is 0 Å². The Morgan fingerprint density at radius 1 is 1.15 bits per heavy atom. The number of amides is 1. The standard InChI is InChI=1S/C20H28ClNO4S/c1-5-6-7-8-9-19(25)27-13-17(23)22(12-18(24)26-4)20-14(2)10-11-16(21)15(20)3/h10-11H,5-9,12-13H2,1-4H3. The number of methoxy groups -OCH3 is 1. The summed E-state index contributed by atoms with van der Waals surface area (Å²) >= 11 is 7.20. The van der Waals surface area contributed by atoms with Crippen molar-refractivity contribution in [3.8, 4) is 0 Å². The number of aryl methyl sites for hydroxylation is 1. The number of halogens is 1. The highest BCUT2D eigenvalue weighted by molar-refractivity contribution is 8.14. The predicted octanol–water partition coefficient (Wildman–Crippen LogP) is 4.69. The third kappa shape index (κ3) is 7.54. The lowest BCUT2D eigenvalue weighted by Crippen LogP contribution is -2.38. The number of esters is 1. The molecule has 0 fully saturated rings. The van der Waals surface area contributed by atoms with Crippen LogP contribution in [0.4, 0.5) is 5.69 Å². The lowest BCUT2D eigenvalue weighted by atomic mass is 10.1. The largest absolute Gasteiger partial charge is 0.468 e. The second-order valence-electron chi connectivity index (χ2n) is 6.37. The van der Waals surface area contributed by atoms with Gasteiger partial charge in [-0.15, -0.1) is 0 Å². The predicted molar refractivity (Wildman–Crippen MR) is 112 cm³/mol. The van der Waals surface area contributed by atoms with Gasteiger partial charge in [-0.05, 0) is 37.5 Å². The van der Waals surface area contributed by atoms with Gasteiger partial charge in [-0.1, -0.05) is 55.6 Å². The van der Waals surface area contributed by atoms with Gasteiger partial charge in [0.05, 0.1) is 18.6 Å². The Labute approximate surface area is 170 Å². The lowest BCUT2D eigenvalue weighted by molar-refractivity contribution is -0.139. The molecule has 27 heavy (non-hydrogen) atoms. The normalized spacial score (nSPS) is 10.6. The van der Waals surface area contributed by atoms with Gasteiger partial charge >= 0.3 is 5.97 Å². The Morgan fingerprint density at radius 2 is 1.85 bits per heavy atom. The van der Waals surface area contributed by atoms with Gasteiger partial charge in [0.1, 0.15) is 6.54 Å². The molecule has 0 spiro atoms. The van der Waals surface area contributed by atoms with Crippen molar-refractivity contribution in [1.82, 2.24) is 0 Å². The third-order valence-corrected chi connectivity index (χ3v) is 5.57. The molecule has 1 amide bonds. The van der Waals surface area contributed by atoms with Gasteiger partial charge in [-0.25, -0.2) is 0 Å². The van der Waals surface area contributed by atoms with Crippen LogP contribution in [0.2, 0.25) is 5.02 Å². The smallest absolute Gasteiger partial charge is 0.325 e. The van der Waals surface area contributed by atoms with E-state index in [1.165, 1.54) is 12.0 Å². The van der Waals surface area contributed by atoms with Crippen LogP contribution in [-0.2, 0) is 19.1 Å². The molecule has 0 bridgehead atoms. The molecule has 0 radical (unpaired) electrons. The van der Waals surface area contributed by atoms with Crippen LogP contribution in [-0.4, -0.2) is 36.4 Å². The number of nitrogens with zero attached hydrogens (tertiary/aromatic N) is 1. The number of benzene rings is 1. The second-order valence-corrected chi connectivity index (χ2v) is 7.81. The second kappa shape index (κ2) is 12.0. The van der Waals surface area contributed by atoms with Crippen molar-refractivity contribution in [2.24, 2.45) is 0 Å². The van der Waals surface area contributed by atoms with E-state index in [2.05, 4.69) is 6.92 Å². The van der Waals surface area contributed by atoms with Crippen LogP contribution in [0.3, 0.4) is 0 Å². The summed E-state index contributed by atoms with van der Waals surface area (Å²) in [7, 11) is 1.28. The van der Waals surface area contributed by atoms with Crippen LogP contribution in [0.25, 0.3) is 0 Å². The van der Waals surface area contributed by atoms with E-state index in [4.69, 9.17) is 16.3 Å². The molecule has 0 aliphatic carbocycles. The van der Waals surface area contributed by atoms with Gasteiger partial charge in [0.15, 0.2) is 5.12 Å². The molecule has 0 aromatic heterocycles. The SMILES string of the molecule is CCCCCCC(=O)SCC(=O)N(CC(=O)OC)c1c(C)ccc(Cl)c1C. The van der Waals surface area contributed by atoms with Gasteiger partial charge in [0.25, 0.3) is 0 Å². The maximum atomic E-state index is 12.8. The van der Waals surface area contributed by atoms with Gasteiger partial charge in [0, 0.05) is 11.4 Å². The molecule has 5 nitrogen and oxygen atoms in total. The summed E-state index contributed by atoms with van der Waals surface area (Å²) in [5, 5.41) is 0.509. The molecular weight excluding hydrogens is 386 g/mol. The van der Waals surface area contributed by atoms with E-state index in [1.807, 2.05) is 6.92 Å². The number of anilines is 1. The molecule has 1 aromatic rings. The van der Waals surface area contributed by atoms with Crippen LogP contribution in [0.5, 0.6) is 0 Å². The summed E-state index contributed by atoms with van der Waals surface area (Å²) in [5.74, 6) is -0.867. The summed E-state index contributed by atoms with van der Waals surface area (Å²) in [6.45, 7) is 5.55. The summed E-state index contributed by atoms with van der Waals surface area (Å²) in [6.07, 6.45) is 4.54. The molecule has 7 heteroatoms. The number of carbonyl (C=O) groups excluding carboxylic acids is 3. The lowest BCUT2D eigenvalue weighted by Gasteiger charge is -2.25. The summed E-state index contributed by atoms with van der Waals surface area (Å²) < 4.78 is 4.72. The van der Waals surface area contributed by atoms with E-state index in [9.17, 15) is 14.4 Å². The fraction of sp³-hybridized carbons (Fsp3) is 0.550. The molecule has 0 aliphatic heterocycles. The summed E-state index contributed by atoms with van der Waals surface area (Å²) in [5.41, 5.74) is 2.13. The fourth-order valence-electron chi connectivity index (χ4n) is 2.70. The average molecular weight is 414 g/mol. The van der Waals surface area contributed by atoms with Gasteiger partial charge in [-0.2, -0.15) is 0 Å². The Balaban J connectivity index is 2.86.